The normalized spacial score (nSPS) is 21.0. The van der Waals surface area contributed by atoms with Crippen LogP contribution in [0.1, 0.15) is 30.7 Å². The van der Waals surface area contributed by atoms with E-state index in [1.807, 2.05) is 0 Å². The van der Waals surface area contributed by atoms with Gasteiger partial charge in [0.2, 0.25) is 5.88 Å². The molecule has 0 amide bonds. The Labute approximate surface area is 138 Å². The molecule has 1 aliphatic carbocycles. The molecular formula is C17H16ClNO4. The maximum absolute atomic E-state index is 12.5. The van der Waals surface area contributed by atoms with Crippen LogP contribution in [0.25, 0.3) is 0 Å². The summed E-state index contributed by atoms with van der Waals surface area (Å²) >= 11 is 6.31. The lowest BCUT2D eigenvalue weighted by molar-refractivity contribution is -0.136. The summed E-state index contributed by atoms with van der Waals surface area (Å²) in [5, 5.41) is 0.457. The Morgan fingerprint density at radius 3 is 2.78 bits per heavy atom. The number of halogens is 1. The van der Waals surface area contributed by atoms with E-state index >= 15 is 0 Å². The molecule has 6 heteroatoms. The van der Waals surface area contributed by atoms with E-state index in [2.05, 4.69) is 0 Å². The second kappa shape index (κ2) is 6.08. The van der Waals surface area contributed by atoms with Gasteiger partial charge in [0, 0.05) is 23.4 Å². The SMILES string of the molecule is COC(=O)C1=C(N)OC2=C(C(=O)CCC2)[C@@H]1c1ccccc1Cl. The first-order valence-electron chi connectivity index (χ1n) is 7.31. The third kappa shape index (κ3) is 2.61. The van der Waals surface area contributed by atoms with Gasteiger partial charge in [-0.1, -0.05) is 29.8 Å². The van der Waals surface area contributed by atoms with Gasteiger partial charge in [-0.2, -0.15) is 0 Å². The van der Waals surface area contributed by atoms with Gasteiger partial charge in [-0.15, -0.1) is 0 Å². The Kier molecular flexibility index (Phi) is 4.13. The fourth-order valence-corrected chi connectivity index (χ4v) is 3.33. The number of rotatable bonds is 2. The minimum atomic E-state index is -0.660. The van der Waals surface area contributed by atoms with E-state index in [4.69, 9.17) is 26.8 Å². The molecule has 0 unspecified atom stereocenters. The van der Waals surface area contributed by atoms with Crippen LogP contribution in [0.3, 0.4) is 0 Å². The zero-order valence-electron chi connectivity index (χ0n) is 12.6. The van der Waals surface area contributed by atoms with Crippen molar-refractivity contribution in [2.24, 2.45) is 5.73 Å². The van der Waals surface area contributed by atoms with Crippen LogP contribution in [0.15, 0.2) is 47.1 Å². The van der Waals surface area contributed by atoms with E-state index in [0.29, 0.717) is 41.2 Å². The lowest BCUT2D eigenvalue weighted by Gasteiger charge is -2.32. The molecule has 1 aliphatic heterocycles. The highest BCUT2D eigenvalue weighted by Gasteiger charge is 2.41. The second-order valence-electron chi connectivity index (χ2n) is 5.44. The number of allylic oxidation sites excluding steroid dienone is 2. The highest BCUT2D eigenvalue weighted by molar-refractivity contribution is 6.31. The molecule has 0 spiro atoms. The summed E-state index contributed by atoms with van der Waals surface area (Å²) < 4.78 is 10.4. The Morgan fingerprint density at radius 1 is 1.35 bits per heavy atom. The first-order chi connectivity index (χ1) is 11.0. The Bertz CT molecular complexity index is 751. The molecular weight excluding hydrogens is 318 g/mol. The van der Waals surface area contributed by atoms with Crippen LogP contribution in [0, 0.1) is 0 Å². The Balaban J connectivity index is 2.23. The Morgan fingerprint density at radius 2 is 2.09 bits per heavy atom. The summed E-state index contributed by atoms with van der Waals surface area (Å²) in [6.07, 6.45) is 1.72. The van der Waals surface area contributed by atoms with Crippen LogP contribution >= 0.6 is 11.6 Å². The molecule has 0 radical (unpaired) electrons. The van der Waals surface area contributed by atoms with E-state index in [1.54, 1.807) is 24.3 Å². The van der Waals surface area contributed by atoms with Crippen molar-refractivity contribution in [1.29, 1.82) is 0 Å². The van der Waals surface area contributed by atoms with Crippen LogP contribution < -0.4 is 5.73 Å². The summed E-state index contributed by atoms with van der Waals surface area (Å²) in [5.41, 5.74) is 7.17. The maximum Gasteiger partial charge on any atom is 0.340 e. The monoisotopic (exact) mass is 333 g/mol. The van der Waals surface area contributed by atoms with Crippen molar-refractivity contribution in [3.05, 3.63) is 57.6 Å². The number of hydrogen-bond acceptors (Lipinski definition) is 5. The van der Waals surface area contributed by atoms with Crippen molar-refractivity contribution in [1.82, 2.24) is 0 Å². The number of benzene rings is 1. The van der Waals surface area contributed by atoms with Gasteiger partial charge in [-0.25, -0.2) is 4.79 Å². The van der Waals surface area contributed by atoms with E-state index in [9.17, 15) is 9.59 Å². The molecule has 0 bridgehead atoms. The van der Waals surface area contributed by atoms with Crippen molar-refractivity contribution >= 4 is 23.4 Å². The van der Waals surface area contributed by atoms with Crippen molar-refractivity contribution in [3.8, 4) is 0 Å². The smallest absolute Gasteiger partial charge is 0.340 e. The third-order valence-electron chi connectivity index (χ3n) is 4.11. The summed E-state index contributed by atoms with van der Waals surface area (Å²) in [5.74, 6) is -0.846. The van der Waals surface area contributed by atoms with E-state index < -0.39 is 11.9 Å². The zero-order chi connectivity index (χ0) is 16.6. The average molecular weight is 334 g/mol. The van der Waals surface area contributed by atoms with Gasteiger partial charge in [-0.05, 0) is 18.1 Å². The average Bonchev–Trinajstić information content (AvgIpc) is 2.54. The third-order valence-corrected chi connectivity index (χ3v) is 4.45. The van der Waals surface area contributed by atoms with Crippen molar-refractivity contribution in [2.75, 3.05) is 7.11 Å². The van der Waals surface area contributed by atoms with Crippen LogP contribution in [-0.2, 0) is 19.1 Å². The second-order valence-corrected chi connectivity index (χ2v) is 5.85. The van der Waals surface area contributed by atoms with E-state index in [-0.39, 0.29) is 17.2 Å². The number of ketones is 1. The van der Waals surface area contributed by atoms with Crippen molar-refractivity contribution in [2.45, 2.75) is 25.2 Å². The van der Waals surface area contributed by atoms with E-state index in [1.165, 1.54) is 7.11 Å². The fourth-order valence-electron chi connectivity index (χ4n) is 3.09. The molecule has 0 fully saturated rings. The molecule has 1 aromatic carbocycles. The molecule has 2 N–H and O–H groups in total. The number of ether oxygens (including phenoxy) is 2. The number of carbonyl (C=O) groups is 2. The molecule has 5 nitrogen and oxygen atoms in total. The van der Waals surface area contributed by atoms with Gasteiger partial charge in [0.25, 0.3) is 0 Å². The highest BCUT2D eigenvalue weighted by atomic mass is 35.5. The van der Waals surface area contributed by atoms with Crippen LogP contribution in [0.2, 0.25) is 5.02 Å². The molecule has 1 heterocycles. The van der Waals surface area contributed by atoms with Crippen LogP contribution in [0.4, 0.5) is 0 Å². The molecule has 1 aromatic rings. The highest BCUT2D eigenvalue weighted by Crippen LogP contribution is 2.45. The quantitative estimate of drug-likeness (QED) is 0.842. The lowest BCUT2D eigenvalue weighted by atomic mass is 9.77. The van der Waals surface area contributed by atoms with Gasteiger partial charge in [0.15, 0.2) is 5.78 Å². The molecule has 0 saturated heterocycles. The first kappa shape index (κ1) is 15.6. The minimum absolute atomic E-state index is 0.0322. The molecule has 3 rings (SSSR count). The largest absolute Gasteiger partial charge is 0.465 e. The molecule has 0 saturated carbocycles. The maximum atomic E-state index is 12.5. The minimum Gasteiger partial charge on any atom is -0.465 e. The molecule has 120 valence electrons. The number of methoxy groups -OCH3 is 1. The topological polar surface area (TPSA) is 78.6 Å². The summed E-state index contributed by atoms with van der Waals surface area (Å²) in [6.45, 7) is 0. The van der Waals surface area contributed by atoms with E-state index in [0.717, 1.165) is 0 Å². The van der Waals surface area contributed by atoms with Crippen LogP contribution in [0.5, 0.6) is 0 Å². The van der Waals surface area contributed by atoms with Gasteiger partial charge < -0.3 is 15.2 Å². The predicted molar refractivity (Wildman–Crippen MR) is 84.4 cm³/mol. The molecule has 0 aromatic heterocycles. The summed E-state index contributed by atoms with van der Waals surface area (Å²) in [7, 11) is 1.26. The van der Waals surface area contributed by atoms with Crippen molar-refractivity contribution in [3.63, 3.8) is 0 Å². The van der Waals surface area contributed by atoms with Gasteiger partial charge in [0.1, 0.15) is 11.3 Å². The zero-order valence-corrected chi connectivity index (χ0v) is 13.4. The number of carbonyl (C=O) groups excluding carboxylic acids is 2. The number of hydrogen-bond donors (Lipinski definition) is 1. The standard InChI is InChI=1S/C17H16ClNO4/c1-22-17(21)15-13(9-5-2-3-6-10(9)18)14-11(20)7-4-8-12(14)23-16(15)19/h2-3,5-6,13H,4,7-8,19H2,1H3/t13-/m0/s1. The van der Waals surface area contributed by atoms with Crippen LogP contribution in [-0.4, -0.2) is 18.9 Å². The summed E-state index contributed by atoms with van der Waals surface area (Å²) in [4.78, 5) is 24.7. The predicted octanol–water partition coefficient (Wildman–Crippen LogP) is 2.80. The van der Waals surface area contributed by atoms with Gasteiger partial charge in [0.05, 0.1) is 13.0 Å². The molecule has 2 aliphatic rings. The molecule has 1 atom stereocenters. The number of esters is 1. The molecule has 23 heavy (non-hydrogen) atoms. The first-order valence-corrected chi connectivity index (χ1v) is 7.68. The number of Topliss-reactive ketones (excluding diaryl/α,β-unsaturated/α-hetero) is 1. The van der Waals surface area contributed by atoms with Crippen molar-refractivity contribution < 1.29 is 19.1 Å². The van der Waals surface area contributed by atoms with Gasteiger partial charge >= 0.3 is 5.97 Å². The fraction of sp³-hybridized carbons (Fsp3) is 0.294. The Hall–Kier alpha value is -2.27. The summed E-state index contributed by atoms with van der Waals surface area (Å²) in [6, 6.07) is 7.08. The van der Waals surface area contributed by atoms with Gasteiger partial charge in [-0.3, -0.25) is 4.79 Å². The lowest BCUT2D eigenvalue weighted by Crippen LogP contribution is -2.31. The number of nitrogens with two attached hydrogens (primary N) is 1.